The highest BCUT2D eigenvalue weighted by Gasteiger charge is 2.20. The number of aromatic hydroxyl groups is 1. The highest BCUT2D eigenvalue weighted by Crippen LogP contribution is 2.31. The summed E-state index contributed by atoms with van der Waals surface area (Å²) in [4.78, 5) is 19.8. The highest BCUT2D eigenvalue weighted by atomic mass is 127. The Labute approximate surface area is 172 Å². The summed E-state index contributed by atoms with van der Waals surface area (Å²) in [5.41, 5.74) is 3.40. The predicted octanol–water partition coefficient (Wildman–Crippen LogP) is 4.56. The summed E-state index contributed by atoms with van der Waals surface area (Å²) < 4.78 is 9.32. The van der Waals surface area contributed by atoms with Crippen LogP contribution in [-0.4, -0.2) is 38.9 Å². The van der Waals surface area contributed by atoms with Crippen LogP contribution >= 0.6 is 20.7 Å². The van der Waals surface area contributed by atoms with Crippen molar-refractivity contribution in [2.24, 2.45) is 4.99 Å². The number of hydrogen-bond donors (Lipinski definition) is 2. The first kappa shape index (κ1) is 18.6. The molecule has 0 fully saturated rings. The van der Waals surface area contributed by atoms with E-state index in [0.29, 0.717) is 16.6 Å². The molecule has 6 heteroatoms. The van der Waals surface area contributed by atoms with Gasteiger partial charge in [-0.3, -0.25) is 4.99 Å². The predicted molar refractivity (Wildman–Crippen MR) is 121 cm³/mol. The van der Waals surface area contributed by atoms with E-state index in [2.05, 4.69) is 19.2 Å². The van der Waals surface area contributed by atoms with Gasteiger partial charge in [0.1, 0.15) is 0 Å². The van der Waals surface area contributed by atoms with Crippen LogP contribution in [0.1, 0.15) is 27.9 Å². The number of H-pyrrole nitrogens is 1. The van der Waals surface area contributed by atoms with E-state index < -0.39 is 5.97 Å². The second-order valence-corrected chi connectivity index (χ2v) is 8.67. The van der Waals surface area contributed by atoms with Crippen molar-refractivity contribution in [3.63, 3.8) is 0 Å². The van der Waals surface area contributed by atoms with Crippen LogP contribution in [0.3, 0.4) is 0 Å². The number of ether oxygens (including phenoxy) is 1. The molecule has 0 saturated heterocycles. The van der Waals surface area contributed by atoms with Crippen molar-refractivity contribution in [2.45, 2.75) is 12.5 Å². The van der Waals surface area contributed by atoms with Crippen LogP contribution in [0.25, 0.3) is 10.9 Å². The van der Waals surface area contributed by atoms with Gasteiger partial charge in [0.05, 0.1) is 30.0 Å². The summed E-state index contributed by atoms with van der Waals surface area (Å²) in [5.74, 6) is -0.378. The number of esters is 1. The van der Waals surface area contributed by atoms with Crippen molar-refractivity contribution in [1.29, 1.82) is 0 Å². The molecule has 2 N–H and O–H groups in total. The monoisotopic (exact) mass is 486 g/mol. The van der Waals surface area contributed by atoms with Gasteiger partial charge < -0.3 is 14.8 Å². The van der Waals surface area contributed by atoms with Crippen LogP contribution in [0.15, 0.2) is 63.7 Å². The Bertz CT molecular complexity index is 1110. The molecule has 1 aliphatic heterocycles. The fourth-order valence-corrected chi connectivity index (χ4v) is 5.03. The Morgan fingerprint density at radius 2 is 2.04 bits per heavy atom. The summed E-state index contributed by atoms with van der Waals surface area (Å²) in [5, 5.41) is 11.5. The molecule has 2 heterocycles. The number of halogens is 1. The molecule has 28 heavy (non-hydrogen) atoms. The van der Waals surface area contributed by atoms with Crippen LogP contribution in [0.5, 0.6) is 5.88 Å². The van der Waals surface area contributed by atoms with Crippen LogP contribution in [-0.2, 0) is 4.74 Å². The first-order chi connectivity index (χ1) is 13.7. The number of carbonyl (C=O) groups excluding carboxylic acids is 1. The van der Waals surface area contributed by atoms with E-state index in [9.17, 15) is 9.90 Å². The van der Waals surface area contributed by atoms with E-state index in [1.54, 1.807) is 12.1 Å². The first-order valence-electron chi connectivity index (χ1n) is 8.84. The molecular formula is C22H19IN2O3. The lowest BCUT2D eigenvalue weighted by atomic mass is 9.99. The van der Waals surface area contributed by atoms with Gasteiger partial charge in [0.15, 0.2) is 5.88 Å². The average molecular weight is 486 g/mol. The van der Waals surface area contributed by atoms with Crippen molar-refractivity contribution in [2.75, 3.05) is 7.11 Å². The Balaban J connectivity index is 1.88. The average Bonchev–Trinajstić information content (AvgIpc) is 3.07. The van der Waals surface area contributed by atoms with Crippen molar-refractivity contribution >= 4 is 47.3 Å². The smallest absolute Gasteiger partial charge is 0.337 e. The van der Waals surface area contributed by atoms with Crippen molar-refractivity contribution in [3.8, 4) is 5.88 Å². The highest BCUT2D eigenvalue weighted by molar-refractivity contribution is 14.2. The number of hydrogen-bond acceptors (Lipinski definition) is 4. The summed E-state index contributed by atoms with van der Waals surface area (Å²) in [7, 11) is 1.35. The number of aliphatic imine (C=N–C) groups is 1. The van der Waals surface area contributed by atoms with Crippen molar-refractivity contribution < 1.29 is 14.6 Å². The number of fused-ring (bicyclic) bond motifs is 1. The minimum atomic E-state index is -0.416. The van der Waals surface area contributed by atoms with Gasteiger partial charge >= 0.3 is 5.97 Å². The molecule has 1 aliphatic rings. The Hall–Kier alpha value is -2.74. The second-order valence-electron chi connectivity index (χ2n) is 6.35. The normalized spacial score (nSPS) is 16.8. The van der Waals surface area contributed by atoms with E-state index in [0.717, 1.165) is 23.1 Å². The topological polar surface area (TPSA) is 74.7 Å². The zero-order valence-corrected chi connectivity index (χ0v) is 17.4. The van der Waals surface area contributed by atoms with E-state index in [1.165, 1.54) is 7.11 Å². The fourth-order valence-electron chi connectivity index (χ4n) is 3.21. The molecule has 0 bridgehead atoms. The molecule has 0 amide bonds. The number of aromatic nitrogens is 1. The lowest BCUT2D eigenvalue weighted by molar-refractivity contribution is 0.0601. The quantitative estimate of drug-likeness (QED) is 0.323. The molecule has 142 valence electrons. The van der Waals surface area contributed by atoms with Crippen molar-refractivity contribution in [1.82, 2.24) is 4.98 Å². The molecule has 1 atom stereocenters. The number of rotatable bonds is 4. The summed E-state index contributed by atoms with van der Waals surface area (Å²) in [6.45, 7) is 0. The zero-order valence-electron chi connectivity index (χ0n) is 15.2. The van der Waals surface area contributed by atoms with Crippen LogP contribution in [0.4, 0.5) is 0 Å². The molecule has 2 aromatic carbocycles. The van der Waals surface area contributed by atoms with E-state index >= 15 is 0 Å². The summed E-state index contributed by atoms with van der Waals surface area (Å²) >= 11 is 0.0392. The number of benzene rings is 2. The standard InChI is InChI=1S/C22H19IN2O3/c1-28-22(27)15-7-8-17-18(13-15)25-21(26)19(17)20(14-5-3-2-4-6-14)24-16-9-11-23-12-10-16/h2-9,11-13,16,25-26H,10H2,1H3. The molecular weight excluding hydrogens is 467 g/mol. The maximum Gasteiger partial charge on any atom is 0.337 e. The van der Waals surface area contributed by atoms with Crippen LogP contribution < -0.4 is 0 Å². The summed E-state index contributed by atoms with van der Waals surface area (Å²) in [6, 6.07) is 15.1. The fraction of sp³-hybridized carbons (Fsp3) is 0.136. The van der Waals surface area contributed by atoms with Gasteiger partial charge in [-0.05, 0) is 26.6 Å². The van der Waals surface area contributed by atoms with E-state index in [1.807, 2.05) is 36.4 Å². The molecule has 3 aromatic rings. The van der Waals surface area contributed by atoms with Crippen LogP contribution in [0.2, 0.25) is 0 Å². The minimum Gasteiger partial charge on any atom is -0.494 e. The van der Waals surface area contributed by atoms with Crippen LogP contribution in [0, 0.1) is 0 Å². The molecule has 0 spiro atoms. The molecule has 1 unspecified atom stereocenters. The third kappa shape index (κ3) is 3.64. The first-order valence-corrected chi connectivity index (χ1v) is 11.3. The molecule has 1 aromatic heterocycles. The minimum absolute atomic E-state index is 0.0378. The van der Waals surface area contributed by atoms with Gasteiger partial charge in [0.25, 0.3) is 0 Å². The lowest BCUT2D eigenvalue weighted by Crippen LogP contribution is -2.11. The molecule has 0 radical (unpaired) electrons. The largest absolute Gasteiger partial charge is 0.494 e. The SMILES string of the molecule is COC(=O)c1ccc2c(C(=NC3C=CI=CC3)c3ccccc3)c(O)[nH]c2c1. The number of carbonyl (C=O) groups is 1. The lowest BCUT2D eigenvalue weighted by Gasteiger charge is -2.13. The maximum absolute atomic E-state index is 11.8. The third-order valence-corrected chi connectivity index (χ3v) is 6.41. The molecule has 5 nitrogen and oxygen atoms in total. The van der Waals surface area contributed by atoms with Gasteiger partial charge in [-0.2, -0.15) is 0 Å². The zero-order chi connectivity index (χ0) is 19.5. The number of aromatic amines is 1. The van der Waals surface area contributed by atoms with Crippen molar-refractivity contribution in [3.05, 3.63) is 75.4 Å². The van der Waals surface area contributed by atoms with E-state index in [4.69, 9.17) is 9.73 Å². The number of methoxy groups -OCH3 is 1. The Kier molecular flexibility index (Phi) is 5.38. The molecule has 0 saturated carbocycles. The van der Waals surface area contributed by atoms with Gasteiger partial charge in [-0.15, -0.1) is 0 Å². The molecule has 4 rings (SSSR count). The maximum atomic E-state index is 11.8. The number of nitrogens with one attached hydrogen (secondary N) is 1. The number of nitrogens with zero attached hydrogens (tertiary/aromatic N) is 1. The van der Waals surface area contributed by atoms with Gasteiger partial charge in [-0.1, -0.05) is 63.2 Å². The third-order valence-electron chi connectivity index (χ3n) is 4.57. The van der Waals surface area contributed by atoms with Gasteiger partial charge in [0.2, 0.25) is 0 Å². The van der Waals surface area contributed by atoms with Gasteiger partial charge in [0, 0.05) is 16.5 Å². The molecule has 0 aliphatic carbocycles. The summed E-state index contributed by atoms with van der Waals surface area (Å²) in [6.07, 6.45) is 3.06. The Morgan fingerprint density at radius 1 is 1.21 bits per heavy atom. The van der Waals surface area contributed by atoms with E-state index in [-0.39, 0.29) is 32.7 Å². The Morgan fingerprint density at radius 3 is 2.75 bits per heavy atom. The van der Waals surface area contributed by atoms with Gasteiger partial charge in [-0.25, -0.2) is 4.79 Å². The second kappa shape index (κ2) is 8.10.